The predicted octanol–water partition coefficient (Wildman–Crippen LogP) is 4.32. The van der Waals surface area contributed by atoms with Crippen molar-refractivity contribution in [3.05, 3.63) is 95.6 Å². The summed E-state index contributed by atoms with van der Waals surface area (Å²) in [5.41, 5.74) is 11.1. The lowest BCUT2D eigenvalue weighted by Gasteiger charge is -2.20. The van der Waals surface area contributed by atoms with Crippen LogP contribution in [0.5, 0.6) is 0 Å². The summed E-state index contributed by atoms with van der Waals surface area (Å²) < 4.78 is 5.82. The van der Waals surface area contributed by atoms with Gasteiger partial charge in [0.15, 0.2) is 0 Å². The first-order chi connectivity index (χ1) is 15.1. The maximum Gasteiger partial charge on any atom is 0.320 e. The maximum atomic E-state index is 13.1. The van der Waals surface area contributed by atoms with E-state index in [0.29, 0.717) is 6.42 Å². The van der Waals surface area contributed by atoms with E-state index in [4.69, 9.17) is 15.6 Å². The number of hydrogen-bond acceptors (Lipinski definition) is 4. The standard InChI is InChI=1S/C26H25NO4/c27-24(25(28)29)15-14-18(17-8-2-1-3-9-17)26(30)31-16-23-21-12-6-4-10-19(21)20-11-5-7-13-22(20)23/h1-13,18,23-24H,14-16,27H2,(H,28,29)/t18-,24+/m0/s1. The molecule has 158 valence electrons. The molecule has 1 aliphatic rings. The van der Waals surface area contributed by atoms with Crippen molar-refractivity contribution in [1.82, 2.24) is 0 Å². The first kappa shape index (κ1) is 20.8. The van der Waals surface area contributed by atoms with Gasteiger partial charge in [0.25, 0.3) is 0 Å². The van der Waals surface area contributed by atoms with E-state index in [1.54, 1.807) is 0 Å². The van der Waals surface area contributed by atoms with Crippen LogP contribution in [0.2, 0.25) is 0 Å². The second kappa shape index (κ2) is 9.14. The molecule has 0 fully saturated rings. The van der Waals surface area contributed by atoms with Gasteiger partial charge in [-0.1, -0.05) is 78.9 Å². The Morgan fingerprint density at radius 3 is 1.97 bits per heavy atom. The molecule has 3 aromatic carbocycles. The Hall–Kier alpha value is -3.44. The molecule has 0 heterocycles. The first-order valence-electron chi connectivity index (χ1n) is 10.4. The summed E-state index contributed by atoms with van der Waals surface area (Å²) in [5.74, 6) is -2.00. The van der Waals surface area contributed by atoms with E-state index >= 15 is 0 Å². The quantitative estimate of drug-likeness (QED) is 0.535. The van der Waals surface area contributed by atoms with E-state index < -0.39 is 17.9 Å². The molecule has 0 unspecified atom stereocenters. The smallest absolute Gasteiger partial charge is 0.320 e. The van der Waals surface area contributed by atoms with Crippen molar-refractivity contribution in [1.29, 1.82) is 0 Å². The lowest BCUT2D eigenvalue weighted by atomic mass is 9.92. The summed E-state index contributed by atoms with van der Waals surface area (Å²) in [4.78, 5) is 24.2. The fourth-order valence-corrected chi connectivity index (χ4v) is 4.28. The van der Waals surface area contributed by atoms with E-state index in [9.17, 15) is 9.59 Å². The van der Waals surface area contributed by atoms with Gasteiger partial charge in [-0.2, -0.15) is 0 Å². The normalized spacial score (nSPS) is 14.4. The summed E-state index contributed by atoms with van der Waals surface area (Å²) in [6.45, 7) is 0.237. The van der Waals surface area contributed by atoms with Crippen LogP contribution >= 0.6 is 0 Å². The van der Waals surface area contributed by atoms with Crippen molar-refractivity contribution in [2.75, 3.05) is 6.61 Å². The van der Waals surface area contributed by atoms with Gasteiger partial charge < -0.3 is 15.6 Å². The molecule has 0 radical (unpaired) electrons. The minimum atomic E-state index is -1.07. The average molecular weight is 415 g/mol. The minimum absolute atomic E-state index is 0.0194. The van der Waals surface area contributed by atoms with Crippen molar-refractivity contribution >= 4 is 11.9 Å². The monoisotopic (exact) mass is 415 g/mol. The van der Waals surface area contributed by atoms with Crippen LogP contribution in [0.3, 0.4) is 0 Å². The zero-order chi connectivity index (χ0) is 21.8. The van der Waals surface area contributed by atoms with E-state index in [1.807, 2.05) is 54.6 Å². The van der Waals surface area contributed by atoms with Crippen LogP contribution in [0.1, 0.15) is 41.4 Å². The first-order valence-corrected chi connectivity index (χ1v) is 10.4. The molecule has 0 saturated carbocycles. The number of aliphatic carboxylic acids is 1. The van der Waals surface area contributed by atoms with Crippen LogP contribution in [-0.2, 0) is 14.3 Å². The Kier molecular flexibility index (Phi) is 6.14. The molecule has 0 aliphatic heterocycles. The fourth-order valence-electron chi connectivity index (χ4n) is 4.28. The molecule has 31 heavy (non-hydrogen) atoms. The number of fused-ring (bicyclic) bond motifs is 3. The van der Waals surface area contributed by atoms with Crippen molar-refractivity contribution < 1.29 is 19.4 Å². The van der Waals surface area contributed by atoms with Crippen molar-refractivity contribution in [2.24, 2.45) is 5.73 Å². The zero-order valence-corrected chi connectivity index (χ0v) is 17.1. The number of carboxylic acids is 1. The minimum Gasteiger partial charge on any atom is -0.480 e. The summed E-state index contributed by atoms with van der Waals surface area (Å²) in [7, 11) is 0. The summed E-state index contributed by atoms with van der Waals surface area (Å²) >= 11 is 0. The third kappa shape index (κ3) is 4.37. The van der Waals surface area contributed by atoms with E-state index in [0.717, 1.165) is 16.7 Å². The number of benzene rings is 3. The van der Waals surface area contributed by atoms with Gasteiger partial charge in [-0.3, -0.25) is 9.59 Å². The van der Waals surface area contributed by atoms with Gasteiger partial charge in [-0.15, -0.1) is 0 Å². The third-order valence-corrected chi connectivity index (χ3v) is 5.92. The second-order valence-electron chi connectivity index (χ2n) is 7.84. The molecule has 2 atom stereocenters. The van der Waals surface area contributed by atoms with Crippen molar-refractivity contribution in [2.45, 2.75) is 30.7 Å². The lowest BCUT2D eigenvalue weighted by Crippen LogP contribution is -2.31. The molecule has 3 N–H and O–H groups in total. The third-order valence-electron chi connectivity index (χ3n) is 5.92. The molecule has 0 amide bonds. The van der Waals surface area contributed by atoms with E-state index in [1.165, 1.54) is 11.1 Å². The zero-order valence-electron chi connectivity index (χ0n) is 17.1. The summed E-state index contributed by atoms with van der Waals surface area (Å²) in [5, 5.41) is 9.10. The molecular formula is C26H25NO4. The van der Waals surface area contributed by atoms with Gasteiger partial charge in [0.2, 0.25) is 0 Å². The SMILES string of the molecule is N[C@H](CC[C@H](C(=O)OCC1c2ccccc2-c2ccccc21)c1ccccc1)C(=O)O. The largest absolute Gasteiger partial charge is 0.480 e. The number of ether oxygens (including phenoxy) is 1. The maximum absolute atomic E-state index is 13.1. The number of carbonyl (C=O) groups is 2. The van der Waals surface area contributed by atoms with Crippen LogP contribution in [0.4, 0.5) is 0 Å². The Morgan fingerprint density at radius 1 is 0.839 bits per heavy atom. The molecule has 1 aliphatic carbocycles. The van der Waals surface area contributed by atoms with Gasteiger partial charge >= 0.3 is 11.9 Å². The van der Waals surface area contributed by atoms with Crippen molar-refractivity contribution in [3.8, 4) is 11.1 Å². The van der Waals surface area contributed by atoms with Crippen LogP contribution < -0.4 is 5.73 Å². The van der Waals surface area contributed by atoms with Crippen LogP contribution in [-0.4, -0.2) is 29.7 Å². The highest BCUT2D eigenvalue weighted by Gasteiger charge is 2.31. The van der Waals surface area contributed by atoms with Gasteiger partial charge in [0.1, 0.15) is 12.6 Å². The number of nitrogens with two attached hydrogens (primary N) is 1. The second-order valence-corrected chi connectivity index (χ2v) is 7.84. The molecule has 0 aromatic heterocycles. The van der Waals surface area contributed by atoms with Gasteiger partial charge in [0.05, 0.1) is 5.92 Å². The molecule has 3 aromatic rings. The molecule has 5 heteroatoms. The number of carbonyl (C=O) groups excluding carboxylic acids is 1. The van der Waals surface area contributed by atoms with Crippen LogP contribution in [0.15, 0.2) is 78.9 Å². The Bertz CT molecular complexity index is 1030. The highest BCUT2D eigenvalue weighted by Crippen LogP contribution is 2.44. The van der Waals surface area contributed by atoms with Gasteiger partial charge in [-0.25, -0.2) is 0 Å². The highest BCUT2D eigenvalue weighted by atomic mass is 16.5. The van der Waals surface area contributed by atoms with Gasteiger partial charge in [-0.05, 0) is 40.7 Å². The average Bonchev–Trinajstić information content (AvgIpc) is 3.12. The Balaban J connectivity index is 1.52. The molecule has 0 spiro atoms. The number of hydrogen-bond donors (Lipinski definition) is 2. The van der Waals surface area contributed by atoms with E-state index in [-0.39, 0.29) is 24.9 Å². The Labute approximate surface area is 181 Å². The summed E-state index contributed by atoms with van der Waals surface area (Å²) in [6.07, 6.45) is 0.507. The number of carboxylic acid groups (broad SMARTS) is 1. The summed E-state index contributed by atoms with van der Waals surface area (Å²) in [6, 6.07) is 24.7. The number of esters is 1. The van der Waals surface area contributed by atoms with Crippen molar-refractivity contribution in [3.63, 3.8) is 0 Å². The molecule has 4 rings (SSSR count). The topological polar surface area (TPSA) is 89.6 Å². The molecule has 0 bridgehead atoms. The molecule has 0 saturated heterocycles. The van der Waals surface area contributed by atoms with Crippen LogP contribution in [0.25, 0.3) is 11.1 Å². The predicted molar refractivity (Wildman–Crippen MR) is 119 cm³/mol. The van der Waals surface area contributed by atoms with E-state index in [2.05, 4.69) is 24.3 Å². The number of rotatable bonds is 8. The fraction of sp³-hybridized carbons (Fsp3) is 0.231. The lowest BCUT2D eigenvalue weighted by molar-refractivity contribution is -0.146. The van der Waals surface area contributed by atoms with Gasteiger partial charge in [0, 0.05) is 5.92 Å². The molecule has 5 nitrogen and oxygen atoms in total. The Morgan fingerprint density at radius 2 is 1.39 bits per heavy atom. The molecular weight excluding hydrogens is 390 g/mol. The van der Waals surface area contributed by atoms with Crippen LogP contribution in [0, 0.1) is 0 Å². The highest BCUT2D eigenvalue weighted by molar-refractivity contribution is 5.81.